The highest BCUT2D eigenvalue weighted by Crippen LogP contribution is 2.42. The van der Waals surface area contributed by atoms with Gasteiger partial charge in [-0.25, -0.2) is 4.57 Å². The summed E-state index contributed by atoms with van der Waals surface area (Å²) in [5.41, 5.74) is 9.31. The molecule has 0 aliphatic rings. The normalized spacial score (nSPS) is 13.5. The monoisotopic (exact) mass is 525 g/mol. The summed E-state index contributed by atoms with van der Waals surface area (Å²) in [6.45, 7) is 6.19. The number of aryl methyl sites for hydroxylation is 2. The van der Waals surface area contributed by atoms with E-state index in [-0.39, 0.29) is 17.2 Å². The summed E-state index contributed by atoms with van der Waals surface area (Å²) in [4.78, 5) is 0. The molecule has 4 aromatic carbocycles. The zero-order chi connectivity index (χ0) is 31.6. The molecule has 2 aromatic heterocycles. The molecule has 0 aliphatic heterocycles. The van der Waals surface area contributed by atoms with Crippen LogP contribution < -0.4 is 4.57 Å². The van der Waals surface area contributed by atoms with Crippen molar-refractivity contribution in [1.82, 2.24) is 0 Å². The Morgan fingerprint density at radius 1 is 0.775 bits per heavy atom. The van der Waals surface area contributed by atoms with Gasteiger partial charge in [0.25, 0.3) is 0 Å². The van der Waals surface area contributed by atoms with Crippen LogP contribution in [0.5, 0.6) is 0 Å². The molecule has 0 amide bonds. The maximum absolute atomic E-state index is 10.1. The third kappa shape index (κ3) is 4.27. The molecule has 3 nitrogen and oxygen atoms in total. The van der Waals surface area contributed by atoms with Gasteiger partial charge in [-0.05, 0) is 65.2 Å². The molecule has 6 rings (SSSR count). The minimum Gasteiger partial charge on any atom is -0.454 e. The van der Waals surface area contributed by atoms with Gasteiger partial charge in [-0.1, -0.05) is 81.4 Å². The standard InChI is InChI=1S/C37H33N2O/c1-23-7-20-32(39(6)22-23)33-24(2)8-18-30-31-19-15-28(21-38)34(36(31)40-35(30)33)27-11-9-25(10-12-27)26-13-16-29(17-14-26)37(3,4)5/h7-20,22H,1-6H3/q+1/i1D3,22D. The summed E-state index contributed by atoms with van der Waals surface area (Å²) >= 11 is 0. The molecule has 40 heavy (non-hydrogen) atoms. The summed E-state index contributed by atoms with van der Waals surface area (Å²) in [7, 11) is 1.70. The quantitative estimate of drug-likeness (QED) is 0.216. The Kier molecular flexibility index (Phi) is 5.03. The number of hydrogen-bond acceptors (Lipinski definition) is 2. The summed E-state index contributed by atoms with van der Waals surface area (Å²) in [6, 6.07) is 30.2. The molecule has 2 heterocycles. The number of hydrogen-bond donors (Lipinski definition) is 0. The number of pyridine rings is 1. The maximum atomic E-state index is 10.1. The Bertz CT molecular complexity index is 2110. The van der Waals surface area contributed by atoms with E-state index in [0.29, 0.717) is 22.4 Å². The Balaban J connectivity index is 1.52. The molecule has 6 aromatic rings. The SMILES string of the molecule is [2H]c1c(C([2H])([2H])[2H])ccc(-c2c(C)ccc3c2oc2c(-c4ccc(-c5ccc(C(C)(C)C)cc5)cc4)c(C#N)ccc23)[n+]1C. The average molecular weight is 526 g/mol. The molecule has 0 spiro atoms. The van der Waals surface area contributed by atoms with E-state index in [1.807, 2.05) is 43.3 Å². The van der Waals surface area contributed by atoms with E-state index in [0.717, 1.165) is 44.2 Å². The van der Waals surface area contributed by atoms with Crippen LogP contribution in [0.4, 0.5) is 0 Å². The molecular formula is C37H33N2O+. The number of benzene rings is 4. The summed E-state index contributed by atoms with van der Waals surface area (Å²) in [6.07, 6.45) is -0.0735. The number of nitrogens with zero attached hydrogens (tertiary/aromatic N) is 2. The Hall–Kier alpha value is -4.68. The van der Waals surface area contributed by atoms with Crippen LogP contribution in [0.15, 0.2) is 95.5 Å². The van der Waals surface area contributed by atoms with Crippen LogP contribution in [-0.4, -0.2) is 0 Å². The number of furan rings is 1. The van der Waals surface area contributed by atoms with Crippen molar-refractivity contribution in [2.24, 2.45) is 7.05 Å². The van der Waals surface area contributed by atoms with Crippen molar-refractivity contribution < 1.29 is 14.5 Å². The van der Waals surface area contributed by atoms with E-state index in [4.69, 9.17) is 9.90 Å². The van der Waals surface area contributed by atoms with Gasteiger partial charge in [0.15, 0.2) is 6.17 Å². The molecule has 0 saturated heterocycles. The van der Waals surface area contributed by atoms with E-state index < -0.39 is 6.85 Å². The lowest BCUT2D eigenvalue weighted by Gasteiger charge is -2.19. The minimum atomic E-state index is -2.39. The fourth-order valence-electron chi connectivity index (χ4n) is 5.50. The second-order valence-corrected chi connectivity index (χ2v) is 11.4. The van der Waals surface area contributed by atoms with Gasteiger partial charge >= 0.3 is 0 Å². The van der Waals surface area contributed by atoms with Gasteiger partial charge in [-0.15, -0.1) is 0 Å². The van der Waals surface area contributed by atoms with Crippen molar-refractivity contribution in [3.8, 4) is 39.6 Å². The Labute approximate surface area is 241 Å². The zero-order valence-corrected chi connectivity index (χ0v) is 23.4. The van der Waals surface area contributed by atoms with E-state index in [2.05, 4.69) is 63.2 Å². The first-order valence-electron chi connectivity index (χ1n) is 15.4. The zero-order valence-electron chi connectivity index (χ0n) is 27.4. The maximum Gasteiger partial charge on any atom is 0.216 e. The lowest BCUT2D eigenvalue weighted by molar-refractivity contribution is -0.660. The van der Waals surface area contributed by atoms with Gasteiger partial charge < -0.3 is 4.42 Å². The van der Waals surface area contributed by atoms with Gasteiger partial charge in [0.2, 0.25) is 5.69 Å². The van der Waals surface area contributed by atoms with Crippen LogP contribution in [0, 0.1) is 25.1 Å². The molecule has 0 fully saturated rings. The molecule has 0 saturated carbocycles. The van der Waals surface area contributed by atoms with Gasteiger partial charge in [-0.2, -0.15) is 5.26 Å². The van der Waals surface area contributed by atoms with Crippen LogP contribution in [0.25, 0.3) is 55.4 Å². The van der Waals surface area contributed by atoms with Crippen LogP contribution in [0.2, 0.25) is 0 Å². The third-order valence-corrected chi connectivity index (χ3v) is 7.71. The van der Waals surface area contributed by atoms with Crippen molar-refractivity contribution in [3.63, 3.8) is 0 Å². The second-order valence-electron chi connectivity index (χ2n) is 11.4. The van der Waals surface area contributed by atoms with E-state index in [1.165, 1.54) is 11.6 Å². The van der Waals surface area contributed by atoms with E-state index in [1.54, 1.807) is 17.7 Å². The van der Waals surface area contributed by atoms with Gasteiger partial charge in [0.05, 0.1) is 17.2 Å². The van der Waals surface area contributed by atoms with Crippen LogP contribution >= 0.6 is 0 Å². The molecule has 0 aliphatic carbocycles. The molecule has 0 N–H and O–H groups in total. The van der Waals surface area contributed by atoms with Gasteiger partial charge in [-0.3, -0.25) is 0 Å². The first-order valence-corrected chi connectivity index (χ1v) is 13.4. The first kappa shape index (κ1) is 21.2. The van der Waals surface area contributed by atoms with Crippen molar-refractivity contribution in [1.29, 1.82) is 5.26 Å². The third-order valence-electron chi connectivity index (χ3n) is 7.71. The van der Waals surface area contributed by atoms with Crippen LogP contribution in [-0.2, 0) is 12.5 Å². The minimum absolute atomic E-state index is 0.00674. The second kappa shape index (κ2) is 9.50. The largest absolute Gasteiger partial charge is 0.454 e. The summed E-state index contributed by atoms with van der Waals surface area (Å²) in [5, 5.41) is 11.9. The highest BCUT2D eigenvalue weighted by molar-refractivity contribution is 6.14. The van der Waals surface area contributed by atoms with E-state index in [9.17, 15) is 5.26 Å². The molecule has 0 bridgehead atoms. The molecule has 0 atom stereocenters. The first-order chi connectivity index (χ1) is 20.8. The van der Waals surface area contributed by atoms with Crippen LogP contribution in [0.3, 0.4) is 0 Å². The molecule has 0 unspecified atom stereocenters. The summed E-state index contributed by atoms with van der Waals surface area (Å²) in [5.74, 6) is 0. The van der Waals surface area contributed by atoms with Crippen molar-refractivity contribution in [2.75, 3.05) is 0 Å². The van der Waals surface area contributed by atoms with Gasteiger partial charge in [0, 0.05) is 32.1 Å². The fraction of sp³-hybridized carbons (Fsp3) is 0.189. The molecule has 3 heteroatoms. The number of fused-ring (bicyclic) bond motifs is 3. The van der Waals surface area contributed by atoms with Crippen molar-refractivity contribution >= 4 is 21.9 Å². The lowest BCUT2D eigenvalue weighted by atomic mass is 9.86. The average Bonchev–Trinajstić information content (AvgIpc) is 3.36. The molecule has 196 valence electrons. The predicted octanol–water partition coefficient (Wildman–Crippen LogP) is 9.20. The highest BCUT2D eigenvalue weighted by atomic mass is 16.3. The topological polar surface area (TPSA) is 40.8 Å². The lowest BCUT2D eigenvalue weighted by Crippen LogP contribution is -2.31. The molecular weight excluding hydrogens is 488 g/mol. The Morgan fingerprint density at radius 2 is 1.38 bits per heavy atom. The fourth-order valence-corrected chi connectivity index (χ4v) is 5.50. The smallest absolute Gasteiger partial charge is 0.216 e. The number of aromatic nitrogens is 1. The predicted molar refractivity (Wildman–Crippen MR) is 164 cm³/mol. The Morgan fingerprint density at radius 3 is 2.00 bits per heavy atom. The number of rotatable bonds is 3. The van der Waals surface area contributed by atoms with Crippen molar-refractivity contribution in [2.45, 2.75) is 40.0 Å². The van der Waals surface area contributed by atoms with E-state index >= 15 is 0 Å². The van der Waals surface area contributed by atoms with Crippen LogP contribution in [0.1, 0.15) is 48.5 Å². The number of nitriles is 1. The van der Waals surface area contributed by atoms with Gasteiger partial charge in [0.1, 0.15) is 19.6 Å². The summed E-state index contributed by atoms with van der Waals surface area (Å²) < 4.78 is 40.3. The molecule has 0 radical (unpaired) electrons. The highest BCUT2D eigenvalue weighted by Gasteiger charge is 2.23. The van der Waals surface area contributed by atoms with Crippen molar-refractivity contribution in [3.05, 3.63) is 113 Å².